The smallest absolute Gasteiger partial charge is 0.259 e. The SMILES string of the molecule is CC(=O)NC1(C(=O)NS(=O)(=O)C2(C)CC2)CC1C=CCCC(C)C. The van der Waals surface area contributed by atoms with Gasteiger partial charge >= 0.3 is 0 Å². The average molecular weight is 356 g/mol. The van der Waals surface area contributed by atoms with Crippen LogP contribution < -0.4 is 10.0 Å². The van der Waals surface area contributed by atoms with Gasteiger partial charge in [0.15, 0.2) is 0 Å². The lowest BCUT2D eigenvalue weighted by molar-refractivity contribution is -0.128. The number of carbonyl (C=O) groups is 2. The number of amides is 2. The summed E-state index contributed by atoms with van der Waals surface area (Å²) in [5.74, 6) is -0.514. The maximum Gasteiger partial charge on any atom is 0.259 e. The highest BCUT2D eigenvalue weighted by molar-refractivity contribution is 7.91. The highest BCUT2D eigenvalue weighted by Crippen LogP contribution is 2.47. The van der Waals surface area contributed by atoms with Crippen LogP contribution in [0.4, 0.5) is 0 Å². The molecule has 6 nitrogen and oxygen atoms in total. The van der Waals surface area contributed by atoms with Crippen LogP contribution in [0.15, 0.2) is 12.2 Å². The van der Waals surface area contributed by atoms with Crippen LogP contribution in [0.1, 0.15) is 59.8 Å². The van der Waals surface area contributed by atoms with Gasteiger partial charge in [-0.05, 0) is 44.9 Å². The second-order valence-electron chi connectivity index (χ2n) is 7.75. The molecule has 136 valence electrons. The van der Waals surface area contributed by atoms with E-state index in [2.05, 4.69) is 23.9 Å². The minimum atomic E-state index is -3.70. The lowest BCUT2D eigenvalue weighted by Crippen LogP contribution is -2.53. The van der Waals surface area contributed by atoms with Gasteiger partial charge in [-0.25, -0.2) is 8.42 Å². The summed E-state index contributed by atoms with van der Waals surface area (Å²) in [5.41, 5.74) is -1.13. The van der Waals surface area contributed by atoms with E-state index in [1.165, 1.54) is 6.92 Å². The van der Waals surface area contributed by atoms with Crippen molar-refractivity contribution in [3.05, 3.63) is 12.2 Å². The first-order valence-corrected chi connectivity index (χ1v) is 10.0. The van der Waals surface area contributed by atoms with Crippen molar-refractivity contribution in [1.29, 1.82) is 0 Å². The molecule has 2 saturated carbocycles. The van der Waals surface area contributed by atoms with Gasteiger partial charge < -0.3 is 5.32 Å². The van der Waals surface area contributed by atoms with Crippen molar-refractivity contribution in [3.63, 3.8) is 0 Å². The molecule has 2 unspecified atom stereocenters. The minimum absolute atomic E-state index is 0.157. The van der Waals surface area contributed by atoms with Crippen LogP contribution in [-0.2, 0) is 19.6 Å². The first-order valence-electron chi connectivity index (χ1n) is 8.55. The molecule has 2 fully saturated rings. The lowest BCUT2D eigenvalue weighted by atomic mass is 10.1. The van der Waals surface area contributed by atoms with Crippen LogP contribution in [0.25, 0.3) is 0 Å². The Bertz CT molecular complexity index is 650. The number of allylic oxidation sites excluding steroid dienone is 1. The van der Waals surface area contributed by atoms with Crippen LogP contribution in [0.3, 0.4) is 0 Å². The number of rotatable bonds is 8. The van der Waals surface area contributed by atoms with E-state index >= 15 is 0 Å². The highest BCUT2D eigenvalue weighted by Gasteiger charge is 2.61. The molecule has 7 heteroatoms. The van der Waals surface area contributed by atoms with Crippen molar-refractivity contribution in [1.82, 2.24) is 10.0 Å². The summed E-state index contributed by atoms with van der Waals surface area (Å²) in [7, 11) is -3.70. The van der Waals surface area contributed by atoms with E-state index < -0.39 is 26.2 Å². The molecule has 0 aromatic carbocycles. The fourth-order valence-electron chi connectivity index (χ4n) is 2.77. The average Bonchev–Trinajstić information content (AvgIpc) is 3.32. The van der Waals surface area contributed by atoms with Gasteiger partial charge in [-0.2, -0.15) is 0 Å². The standard InChI is InChI=1S/C17H28N2O4S/c1-12(2)7-5-6-8-14-11-17(14,18-13(3)20)15(21)19-24(22,23)16(4)9-10-16/h6,8,12,14H,5,7,9-11H2,1-4H3,(H,18,20)(H,19,21). The molecule has 2 aliphatic rings. The number of hydrogen-bond donors (Lipinski definition) is 2. The second kappa shape index (κ2) is 6.50. The van der Waals surface area contributed by atoms with E-state index in [1.807, 2.05) is 12.2 Å². The summed E-state index contributed by atoms with van der Waals surface area (Å²) in [6.07, 6.45) is 7.44. The Labute approximate surface area is 144 Å². The summed E-state index contributed by atoms with van der Waals surface area (Å²) in [5, 5.41) is 2.66. The molecule has 2 N–H and O–H groups in total. The Morgan fingerprint density at radius 3 is 2.42 bits per heavy atom. The van der Waals surface area contributed by atoms with Crippen LogP contribution in [-0.4, -0.2) is 30.5 Å². The van der Waals surface area contributed by atoms with Crippen LogP contribution in [0, 0.1) is 11.8 Å². The molecule has 2 atom stereocenters. The summed E-state index contributed by atoms with van der Waals surface area (Å²) in [6, 6.07) is 0. The van der Waals surface area contributed by atoms with Gasteiger partial charge in [0.05, 0.1) is 4.75 Å². The van der Waals surface area contributed by atoms with E-state index in [-0.39, 0.29) is 11.8 Å². The topological polar surface area (TPSA) is 92.3 Å². The van der Waals surface area contributed by atoms with Crippen molar-refractivity contribution in [2.45, 2.75) is 70.1 Å². The molecule has 0 radical (unpaired) electrons. The van der Waals surface area contributed by atoms with Crippen molar-refractivity contribution in [2.24, 2.45) is 11.8 Å². The van der Waals surface area contributed by atoms with E-state index in [0.717, 1.165) is 12.8 Å². The van der Waals surface area contributed by atoms with Crippen molar-refractivity contribution in [2.75, 3.05) is 0 Å². The summed E-state index contributed by atoms with van der Waals surface area (Å²) in [6.45, 7) is 7.25. The van der Waals surface area contributed by atoms with Gasteiger partial charge in [0, 0.05) is 12.8 Å². The van der Waals surface area contributed by atoms with E-state index in [4.69, 9.17) is 0 Å². The van der Waals surface area contributed by atoms with Crippen LogP contribution >= 0.6 is 0 Å². The molecule has 2 aliphatic carbocycles. The largest absolute Gasteiger partial charge is 0.341 e. The Morgan fingerprint density at radius 2 is 1.92 bits per heavy atom. The summed E-state index contributed by atoms with van der Waals surface area (Å²) in [4.78, 5) is 24.0. The Hall–Kier alpha value is -1.37. The third-order valence-corrected chi connectivity index (χ3v) is 7.09. The normalized spacial score (nSPS) is 28.0. The molecule has 2 amide bonds. The fourth-order valence-corrected chi connectivity index (χ4v) is 4.08. The van der Waals surface area contributed by atoms with Crippen molar-refractivity contribution >= 4 is 21.8 Å². The number of sulfonamides is 1. The molecular formula is C17H28N2O4S. The number of carbonyl (C=O) groups excluding carboxylic acids is 2. The molecule has 0 saturated heterocycles. The third-order valence-electron chi connectivity index (χ3n) is 4.93. The highest BCUT2D eigenvalue weighted by atomic mass is 32.2. The quantitative estimate of drug-likeness (QED) is 0.650. The fraction of sp³-hybridized carbons (Fsp3) is 0.765. The predicted molar refractivity (Wildman–Crippen MR) is 92.6 cm³/mol. The first kappa shape index (κ1) is 19.0. The zero-order chi connectivity index (χ0) is 18.2. The molecule has 0 bridgehead atoms. The molecule has 0 aromatic heterocycles. The Morgan fingerprint density at radius 1 is 1.29 bits per heavy atom. The molecule has 0 aliphatic heterocycles. The first-order chi connectivity index (χ1) is 11.0. The monoisotopic (exact) mass is 356 g/mol. The number of nitrogens with one attached hydrogen (secondary N) is 2. The van der Waals surface area contributed by atoms with Crippen molar-refractivity contribution in [3.8, 4) is 0 Å². The number of hydrogen-bond acceptors (Lipinski definition) is 4. The lowest BCUT2D eigenvalue weighted by Gasteiger charge is -2.19. The Balaban J connectivity index is 2.04. The molecule has 24 heavy (non-hydrogen) atoms. The maximum atomic E-state index is 12.6. The summed E-state index contributed by atoms with van der Waals surface area (Å²) < 4.78 is 25.9. The van der Waals surface area contributed by atoms with Crippen molar-refractivity contribution < 1.29 is 18.0 Å². The zero-order valence-electron chi connectivity index (χ0n) is 14.9. The maximum absolute atomic E-state index is 12.6. The second-order valence-corrected chi connectivity index (χ2v) is 9.94. The van der Waals surface area contributed by atoms with Gasteiger partial charge in [0.25, 0.3) is 5.91 Å². The minimum Gasteiger partial charge on any atom is -0.341 e. The van der Waals surface area contributed by atoms with Gasteiger partial charge in [0.1, 0.15) is 5.54 Å². The van der Waals surface area contributed by atoms with Gasteiger partial charge in [-0.3, -0.25) is 14.3 Å². The Kier molecular flexibility index (Phi) is 5.14. The van der Waals surface area contributed by atoms with Gasteiger partial charge in [0.2, 0.25) is 15.9 Å². The zero-order valence-corrected chi connectivity index (χ0v) is 15.7. The third kappa shape index (κ3) is 3.99. The van der Waals surface area contributed by atoms with Gasteiger partial charge in [-0.1, -0.05) is 26.0 Å². The van der Waals surface area contributed by atoms with E-state index in [0.29, 0.717) is 25.2 Å². The summed E-state index contributed by atoms with van der Waals surface area (Å²) >= 11 is 0. The van der Waals surface area contributed by atoms with E-state index in [9.17, 15) is 18.0 Å². The van der Waals surface area contributed by atoms with Crippen LogP contribution in [0.2, 0.25) is 0 Å². The predicted octanol–water partition coefficient (Wildman–Crippen LogP) is 1.87. The molecule has 2 rings (SSSR count). The molecule has 0 spiro atoms. The van der Waals surface area contributed by atoms with Gasteiger partial charge in [-0.15, -0.1) is 0 Å². The molecule has 0 heterocycles. The van der Waals surface area contributed by atoms with E-state index in [1.54, 1.807) is 6.92 Å². The molecule has 0 aromatic rings. The molecular weight excluding hydrogens is 328 g/mol. The van der Waals surface area contributed by atoms with Crippen LogP contribution in [0.5, 0.6) is 0 Å².